The number of hydrogen-bond acceptors (Lipinski definition) is 4. The van der Waals surface area contributed by atoms with Crippen molar-refractivity contribution in [3.63, 3.8) is 0 Å². The Labute approximate surface area is 128 Å². The Morgan fingerprint density at radius 2 is 1.95 bits per heavy atom. The standard InChI is InChI=1S/C15H18ClN3S/c16-13-3-1-12(2-4-13)15-18-14(11-20-15)5-8-19-9-6-17-7-10-19/h1-4,11,17H,5-10H2. The molecule has 0 saturated carbocycles. The molecule has 0 radical (unpaired) electrons. The van der Waals surface area contributed by atoms with Crippen LogP contribution >= 0.6 is 22.9 Å². The van der Waals surface area contributed by atoms with Gasteiger partial charge >= 0.3 is 0 Å². The van der Waals surface area contributed by atoms with Gasteiger partial charge in [-0.1, -0.05) is 23.7 Å². The second-order valence-corrected chi connectivity index (χ2v) is 6.29. The van der Waals surface area contributed by atoms with Gasteiger partial charge in [0.15, 0.2) is 0 Å². The summed E-state index contributed by atoms with van der Waals surface area (Å²) in [5, 5.41) is 7.40. The van der Waals surface area contributed by atoms with Gasteiger partial charge in [0.05, 0.1) is 5.69 Å². The molecule has 0 amide bonds. The van der Waals surface area contributed by atoms with Crippen LogP contribution in [0.25, 0.3) is 10.6 Å². The SMILES string of the molecule is Clc1ccc(-c2nc(CCN3CCNCC3)cs2)cc1. The van der Waals surface area contributed by atoms with Crippen LogP contribution in [-0.2, 0) is 6.42 Å². The first kappa shape index (κ1) is 14.0. The molecule has 1 aromatic carbocycles. The molecule has 0 aliphatic carbocycles. The van der Waals surface area contributed by atoms with Gasteiger partial charge in [0, 0.05) is 55.1 Å². The summed E-state index contributed by atoms with van der Waals surface area (Å²) in [7, 11) is 0. The van der Waals surface area contributed by atoms with Crippen LogP contribution in [0.5, 0.6) is 0 Å². The maximum absolute atomic E-state index is 5.91. The molecule has 2 heterocycles. The van der Waals surface area contributed by atoms with Gasteiger partial charge in [0.25, 0.3) is 0 Å². The zero-order valence-electron chi connectivity index (χ0n) is 11.3. The van der Waals surface area contributed by atoms with Gasteiger partial charge in [0.2, 0.25) is 0 Å². The summed E-state index contributed by atoms with van der Waals surface area (Å²) in [6, 6.07) is 7.89. The maximum Gasteiger partial charge on any atom is 0.123 e. The summed E-state index contributed by atoms with van der Waals surface area (Å²) in [4.78, 5) is 7.23. The van der Waals surface area contributed by atoms with Crippen molar-refractivity contribution < 1.29 is 0 Å². The highest BCUT2D eigenvalue weighted by Gasteiger charge is 2.10. The van der Waals surface area contributed by atoms with Crippen LogP contribution in [0.15, 0.2) is 29.6 Å². The van der Waals surface area contributed by atoms with Crippen LogP contribution in [0.2, 0.25) is 5.02 Å². The second kappa shape index (κ2) is 6.68. The summed E-state index contributed by atoms with van der Waals surface area (Å²) < 4.78 is 0. The van der Waals surface area contributed by atoms with E-state index >= 15 is 0 Å². The lowest BCUT2D eigenvalue weighted by Gasteiger charge is -2.26. The Bertz CT molecular complexity index is 547. The third kappa shape index (κ3) is 3.58. The zero-order valence-corrected chi connectivity index (χ0v) is 12.9. The Balaban J connectivity index is 1.60. The van der Waals surface area contributed by atoms with Gasteiger partial charge in [-0.15, -0.1) is 11.3 Å². The van der Waals surface area contributed by atoms with Crippen LogP contribution < -0.4 is 5.32 Å². The van der Waals surface area contributed by atoms with Crippen molar-refractivity contribution in [3.8, 4) is 10.6 Å². The van der Waals surface area contributed by atoms with Gasteiger partial charge in [-0.3, -0.25) is 0 Å². The van der Waals surface area contributed by atoms with E-state index < -0.39 is 0 Å². The predicted octanol–water partition coefficient (Wildman–Crippen LogP) is 2.91. The number of rotatable bonds is 4. The average Bonchev–Trinajstić information content (AvgIpc) is 2.96. The smallest absolute Gasteiger partial charge is 0.123 e. The number of halogens is 1. The van der Waals surface area contributed by atoms with Gasteiger partial charge in [0.1, 0.15) is 5.01 Å². The Hall–Kier alpha value is -0.940. The number of thiazole rings is 1. The molecule has 1 aromatic heterocycles. The summed E-state index contributed by atoms with van der Waals surface area (Å²) >= 11 is 7.62. The van der Waals surface area contributed by atoms with E-state index in [-0.39, 0.29) is 0 Å². The first-order valence-corrected chi connectivity index (χ1v) is 8.20. The van der Waals surface area contributed by atoms with E-state index in [0.717, 1.165) is 54.7 Å². The predicted molar refractivity (Wildman–Crippen MR) is 85.6 cm³/mol. The van der Waals surface area contributed by atoms with Gasteiger partial charge in [-0.2, -0.15) is 0 Å². The molecule has 3 rings (SSSR count). The van der Waals surface area contributed by atoms with Crippen LogP contribution in [0, 0.1) is 0 Å². The van der Waals surface area contributed by atoms with Gasteiger partial charge in [-0.05, 0) is 12.1 Å². The second-order valence-electron chi connectivity index (χ2n) is 4.99. The van der Waals surface area contributed by atoms with Crippen molar-refractivity contribution >= 4 is 22.9 Å². The van der Waals surface area contributed by atoms with Crippen molar-refractivity contribution in [2.45, 2.75) is 6.42 Å². The summed E-state index contributed by atoms with van der Waals surface area (Å²) in [5.41, 5.74) is 2.34. The number of hydrogen-bond donors (Lipinski definition) is 1. The lowest BCUT2D eigenvalue weighted by Crippen LogP contribution is -2.44. The van der Waals surface area contributed by atoms with Crippen molar-refractivity contribution in [1.29, 1.82) is 0 Å². The highest BCUT2D eigenvalue weighted by Crippen LogP contribution is 2.25. The average molecular weight is 308 g/mol. The largest absolute Gasteiger partial charge is 0.314 e. The molecular weight excluding hydrogens is 290 g/mol. The Kier molecular flexibility index (Phi) is 4.68. The lowest BCUT2D eigenvalue weighted by atomic mass is 10.2. The van der Waals surface area contributed by atoms with Gasteiger partial charge in [-0.25, -0.2) is 4.98 Å². The van der Waals surface area contributed by atoms with Crippen LogP contribution in [0.1, 0.15) is 5.69 Å². The molecular formula is C15H18ClN3S. The van der Waals surface area contributed by atoms with E-state index in [1.165, 1.54) is 5.69 Å². The summed E-state index contributed by atoms with van der Waals surface area (Å²) in [6.45, 7) is 5.61. The maximum atomic E-state index is 5.91. The Morgan fingerprint density at radius 1 is 1.20 bits per heavy atom. The zero-order chi connectivity index (χ0) is 13.8. The highest BCUT2D eigenvalue weighted by molar-refractivity contribution is 7.13. The molecule has 1 aliphatic rings. The molecule has 5 heteroatoms. The number of aromatic nitrogens is 1. The van der Waals surface area contributed by atoms with Crippen LogP contribution in [0.3, 0.4) is 0 Å². The van der Waals surface area contributed by atoms with E-state index in [1.807, 2.05) is 24.3 Å². The van der Waals surface area contributed by atoms with E-state index in [0.29, 0.717) is 0 Å². The highest BCUT2D eigenvalue weighted by atomic mass is 35.5. The summed E-state index contributed by atoms with van der Waals surface area (Å²) in [6.07, 6.45) is 1.03. The first-order valence-electron chi connectivity index (χ1n) is 6.95. The molecule has 0 spiro atoms. The number of benzene rings is 1. The minimum Gasteiger partial charge on any atom is -0.314 e. The minimum atomic E-state index is 0.768. The Morgan fingerprint density at radius 3 is 2.70 bits per heavy atom. The van der Waals surface area contributed by atoms with Crippen molar-refractivity contribution in [2.75, 3.05) is 32.7 Å². The van der Waals surface area contributed by atoms with Crippen LogP contribution in [-0.4, -0.2) is 42.6 Å². The third-order valence-corrected chi connectivity index (χ3v) is 4.73. The quantitative estimate of drug-likeness (QED) is 0.941. The van der Waals surface area contributed by atoms with Crippen molar-refractivity contribution in [1.82, 2.24) is 15.2 Å². The van der Waals surface area contributed by atoms with Gasteiger partial charge < -0.3 is 10.2 Å². The number of piperazine rings is 1. The lowest BCUT2D eigenvalue weighted by molar-refractivity contribution is 0.243. The van der Waals surface area contributed by atoms with E-state index in [4.69, 9.17) is 16.6 Å². The van der Waals surface area contributed by atoms with E-state index in [2.05, 4.69) is 15.6 Å². The normalized spacial score (nSPS) is 16.4. The minimum absolute atomic E-state index is 0.768. The third-order valence-electron chi connectivity index (χ3n) is 3.54. The first-order chi connectivity index (χ1) is 9.81. The molecule has 2 aromatic rings. The van der Waals surface area contributed by atoms with Crippen LogP contribution in [0.4, 0.5) is 0 Å². The fourth-order valence-corrected chi connectivity index (χ4v) is 3.34. The number of nitrogens with one attached hydrogen (secondary N) is 1. The van der Waals surface area contributed by atoms with E-state index in [9.17, 15) is 0 Å². The molecule has 0 bridgehead atoms. The molecule has 1 fully saturated rings. The molecule has 3 nitrogen and oxygen atoms in total. The molecule has 0 atom stereocenters. The molecule has 0 unspecified atom stereocenters. The van der Waals surface area contributed by atoms with Crippen molar-refractivity contribution in [3.05, 3.63) is 40.4 Å². The molecule has 106 valence electrons. The van der Waals surface area contributed by atoms with Crippen molar-refractivity contribution in [2.24, 2.45) is 0 Å². The molecule has 1 N–H and O–H groups in total. The summed E-state index contributed by atoms with van der Waals surface area (Å²) in [5.74, 6) is 0. The molecule has 20 heavy (non-hydrogen) atoms. The molecule has 1 aliphatic heterocycles. The monoisotopic (exact) mass is 307 g/mol. The fourth-order valence-electron chi connectivity index (χ4n) is 2.35. The fraction of sp³-hybridized carbons (Fsp3) is 0.400. The topological polar surface area (TPSA) is 28.2 Å². The van der Waals surface area contributed by atoms with E-state index in [1.54, 1.807) is 11.3 Å². The number of nitrogens with zero attached hydrogens (tertiary/aromatic N) is 2. The molecule has 1 saturated heterocycles.